The Kier molecular flexibility index (Phi) is 2.68. The monoisotopic (exact) mass is 301 g/mol. The SMILES string of the molecule is O=C(O)c1ccc2nc(Nc3nc4c(s3)CCC4)oc2c1. The Balaban J connectivity index is 1.65. The van der Waals surface area contributed by atoms with Crippen LogP contribution in [0.25, 0.3) is 11.1 Å². The van der Waals surface area contributed by atoms with Crippen molar-refractivity contribution < 1.29 is 14.3 Å². The van der Waals surface area contributed by atoms with Crippen LogP contribution in [-0.4, -0.2) is 21.0 Å². The summed E-state index contributed by atoms with van der Waals surface area (Å²) in [6.07, 6.45) is 3.29. The molecular weight excluding hydrogens is 290 g/mol. The lowest BCUT2D eigenvalue weighted by Crippen LogP contribution is -1.94. The lowest BCUT2D eigenvalue weighted by Gasteiger charge is -1.94. The molecule has 0 fully saturated rings. The maximum atomic E-state index is 10.9. The number of carbonyl (C=O) groups is 1. The Labute approximate surface area is 123 Å². The fourth-order valence-electron chi connectivity index (χ4n) is 2.45. The Morgan fingerprint density at radius 2 is 2.24 bits per heavy atom. The highest BCUT2D eigenvalue weighted by Gasteiger charge is 2.18. The average molecular weight is 301 g/mol. The fraction of sp³-hybridized carbons (Fsp3) is 0.214. The number of aromatic nitrogens is 2. The zero-order valence-electron chi connectivity index (χ0n) is 10.9. The molecular formula is C14H11N3O3S. The molecule has 2 heterocycles. The second kappa shape index (κ2) is 4.56. The van der Waals surface area contributed by atoms with Gasteiger partial charge in [0.25, 0.3) is 0 Å². The van der Waals surface area contributed by atoms with E-state index in [0.717, 1.165) is 23.7 Å². The van der Waals surface area contributed by atoms with Gasteiger partial charge in [-0.3, -0.25) is 5.32 Å². The van der Waals surface area contributed by atoms with Crippen molar-refractivity contribution in [1.82, 2.24) is 9.97 Å². The predicted molar refractivity (Wildman–Crippen MR) is 78.4 cm³/mol. The van der Waals surface area contributed by atoms with Gasteiger partial charge in [0.05, 0.1) is 11.3 Å². The lowest BCUT2D eigenvalue weighted by atomic mass is 10.2. The van der Waals surface area contributed by atoms with E-state index in [1.165, 1.54) is 23.4 Å². The minimum atomic E-state index is -0.987. The summed E-state index contributed by atoms with van der Waals surface area (Å²) >= 11 is 1.62. The zero-order valence-corrected chi connectivity index (χ0v) is 11.7. The van der Waals surface area contributed by atoms with Crippen LogP contribution >= 0.6 is 11.3 Å². The molecule has 0 unspecified atom stereocenters. The van der Waals surface area contributed by atoms with Crippen LogP contribution in [0.5, 0.6) is 0 Å². The van der Waals surface area contributed by atoms with Gasteiger partial charge in [-0.1, -0.05) is 0 Å². The Hall–Kier alpha value is -2.41. The summed E-state index contributed by atoms with van der Waals surface area (Å²) in [5, 5.41) is 12.8. The van der Waals surface area contributed by atoms with E-state index in [1.54, 1.807) is 17.4 Å². The number of carboxylic acid groups (broad SMARTS) is 1. The molecule has 106 valence electrons. The summed E-state index contributed by atoms with van der Waals surface area (Å²) in [6.45, 7) is 0. The van der Waals surface area contributed by atoms with E-state index < -0.39 is 5.97 Å². The highest BCUT2D eigenvalue weighted by molar-refractivity contribution is 7.15. The highest BCUT2D eigenvalue weighted by atomic mass is 32.1. The van der Waals surface area contributed by atoms with E-state index in [2.05, 4.69) is 15.3 Å². The van der Waals surface area contributed by atoms with Crippen molar-refractivity contribution in [3.8, 4) is 0 Å². The Morgan fingerprint density at radius 3 is 3.05 bits per heavy atom. The first-order valence-corrected chi connectivity index (χ1v) is 7.40. The number of aromatic carboxylic acids is 1. The maximum absolute atomic E-state index is 10.9. The van der Waals surface area contributed by atoms with E-state index in [1.807, 2.05) is 0 Å². The summed E-state index contributed by atoms with van der Waals surface area (Å²) in [6, 6.07) is 4.95. The number of rotatable bonds is 3. The fourth-order valence-corrected chi connectivity index (χ4v) is 3.49. The molecule has 2 aromatic heterocycles. The average Bonchev–Trinajstić information content (AvgIpc) is 3.10. The molecule has 0 aliphatic heterocycles. The molecule has 3 aromatic rings. The molecule has 6 nitrogen and oxygen atoms in total. The van der Waals surface area contributed by atoms with Gasteiger partial charge in [0, 0.05) is 4.88 Å². The minimum absolute atomic E-state index is 0.179. The van der Waals surface area contributed by atoms with Gasteiger partial charge in [0.1, 0.15) is 5.52 Å². The smallest absolute Gasteiger partial charge is 0.335 e. The van der Waals surface area contributed by atoms with E-state index in [-0.39, 0.29) is 5.56 Å². The third-order valence-corrected chi connectivity index (χ3v) is 4.52. The number of nitrogens with zero attached hydrogens (tertiary/aromatic N) is 2. The van der Waals surface area contributed by atoms with Gasteiger partial charge in [-0.05, 0) is 37.5 Å². The first kappa shape index (κ1) is 12.3. The first-order chi connectivity index (χ1) is 10.2. The molecule has 2 N–H and O–H groups in total. The third kappa shape index (κ3) is 2.15. The molecule has 21 heavy (non-hydrogen) atoms. The molecule has 1 aromatic carbocycles. The number of carboxylic acids is 1. The Morgan fingerprint density at radius 1 is 1.33 bits per heavy atom. The molecule has 0 bridgehead atoms. The second-order valence-electron chi connectivity index (χ2n) is 4.87. The number of hydrogen-bond donors (Lipinski definition) is 2. The second-order valence-corrected chi connectivity index (χ2v) is 5.96. The maximum Gasteiger partial charge on any atom is 0.335 e. The third-order valence-electron chi connectivity index (χ3n) is 3.44. The number of hydrogen-bond acceptors (Lipinski definition) is 6. The van der Waals surface area contributed by atoms with Gasteiger partial charge >= 0.3 is 12.0 Å². The van der Waals surface area contributed by atoms with E-state index in [4.69, 9.17) is 9.52 Å². The summed E-state index contributed by atoms with van der Waals surface area (Å²) < 4.78 is 5.54. The Bertz CT molecular complexity index is 831. The molecule has 0 saturated heterocycles. The van der Waals surface area contributed by atoms with Crippen LogP contribution in [0.2, 0.25) is 0 Å². The van der Waals surface area contributed by atoms with Crippen LogP contribution in [0.1, 0.15) is 27.3 Å². The quantitative estimate of drug-likeness (QED) is 0.772. The minimum Gasteiger partial charge on any atom is -0.478 e. The summed E-state index contributed by atoms with van der Waals surface area (Å²) in [5.74, 6) is -0.987. The topological polar surface area (TPSA) is 88.2 Å². The van der Waals surface area contributed by atoms with Crippen molar-refractivity contribution in [2.45, 2.75) is 19.3 Å². The van der Waals surface area contributed by atoms with Crippen molar-refractivity contribution in [1.29, 1.82) is 0 Å². The number of benzene rings is 1. The first-order valence-electron chi connectivity index (χ1n) is 6.58. The van der Waals surface area contributed by atoms with Crippen molar-refractivity contribution in [3.05, 3.63) is 34.3 Å². The van der Waals surface area contributed by atoms with E-state index in [0.29, 0.717) is 17.1 Å². The van der Waals surface area contributed by atoms with Crippen LogP contribution in [-0.2, 0) is 12.8 Å². The van der Waals surface area contributed by atoms with Crippen molar-refractivity contribution >= 4 is 39.6 Å². The van der Waals surface area contributed by atoms with Gasteiger partial charge < -0.3 is 9.52 Å². The summed E-state index contributed by atoms with van der Waals surface area (Å²) in [5.41, 5.74) is 2.40. The normalized spacial score (nSPS) is 13.5. The highest BCUT2D eigenvalue weighted by Crippen LogP contribution is 2.32. The molecule has 4 rings (SSSR count). The van der Waals surface area contributed by atoms with Crippen LogP contribution < -0.4 is 5.32 Å². The predicted octanol–water partition coefficient (Wildman–Crippen LogP) is 3.21. The van der Waals surface area contributed by atoms with Crippen molar-refractivity contribution in [2.75, 3.05) is 5.32 Å². The summed E-state index contributed by atoms with van der Waals surface area (Å²) in [4.78, 5) is 21.1. The van der Waals surface area contributed by atoms with Gasteiger partial charge in [0.2, 0.25) is 0 Å². The molecule has 0 radical (unpaired) electrons. The number of aryl methyl sites for hydroxylation is 2. The molecule has 7 heteroatoms. The molecule has 1 aliphatic rings. The molecule has 0 spiro atoms. The van der Waals surface area contributed by atoms with Gasteiger partial charge in [-0.2, -0.15) is 4.98 Å². The summed E-state index contributed by atoms with van der Waals surface area (Å²) in [7, 11) is 0. The number of nitrogens with one attached hydrogen (secondary N) is 1. The number of anilines is 2. The number of fused-ring (bicyclic) bond motifs is 2. The number of oxazole rings is 1. The molecule has 0 amide bonds. The van der Waals surface area contributed by atoms with Gasteiger partial charge in [0.15, 0.2) is 10.7 Å². The molecule has 0 saturated carbocycles. The van der Waals surface area contributed by atoms with Gasteiger partial charge in [-0.25, -0.2) is 9.78 Å². The van der Waals surface area contributed by atoms with Gasteiger partial charge in [-0.15, -0.1) is 11.3 Å². The zero-order chi connectivity index (χ0) is 14.4. The molecule has 1 aliphatic carbocycles. The lowest BCUT2D eigenvalue weighted by molar-refractivity contribution is 0.0697. The van der Waals surface area contributed by atoms with Crippen molar-refractivity contribution in [2.24, 2.45) is 0 Å². The van der Waals surface area contributed by atoms with Crippen LogP contribution in [0, 0.1) is 0 Å². The van der Waals surface area contributed by atoms with Crippen LogP contribution in [0.15, 0.2) is 22.6 Å². The largest absolute Gasteiger partial charge is 0.478 e. The van der Waals surface area contributed by atoms with Crippen LogP contribution in [0.3, 0.4) is 0 Å². The standard InChI is InChI=1S/C14H11N3O3S/c18-12(19)7-4-5-8-10(6-7)20-13(15-8)17-14-16-9-2-1-3-11(9)21-14/h4-6H,1-3H2,(H,18,19)(H,15,16,17). The van der Waals surface area contributed by atoms with Crippen LogP contribution in [0.4, 0.5) is 11.1 Å². The molecule has 0 atom stereocenters. The van der Waals surface area contributed by atoms with E-state index >= 15 is 0 Å². The number of thiazole rings is 1. The van der Waals surface area contributed by atoms with Crippen molar-refractivity contribution in [3.63, 3.8) is 0 Å². The van der Waals surface area contributed by atoms with E-state index in [9.17, 15) is 4.79 Å².